The molecule has 0 saturated carbocycles. The molecule has 0 aliphatic heterocycles. The van der Waals surface area contributed by atoms with E-state index in [2.05, 4.69) is 12.7 Å². The summed E-state index contributed by atoms with van der Waals surface area (Å²) in [5.74, 6) is 1.08. The maximum atomic E-state index is 3.74. The van der Waals surface area contributed by atoms with Crippen LogP contribution in [0.2, 0.25) is 0 Å². The third-order valence-corrected chi connectivity index (χ3v) is 3.28. The number of rotatable bonds is 3. The van der Waals surface area contributed by atoms with Crippen molar-refractivity contribution in [1.82, 2.24) is 0 Å². The summed E-state index contributed by atoms with van der Waals surface area (Å²) in [5.41, 5.74) is 0. The lowest BCUT2D eigenvalue weighted by Gasteiger charge is -2.09. The van der Waals surface area contributed by atoms with Crippen molar-refractivity contribution in [2.45, 2.75) is 38.5 Å². The minimum atomic E-state index is 1.08. The van der Waals surface area contributed by atoms with Gasteiger partial charge in [0.25, 0.3) is 0 Å². The van der Waals surface area contributed by atoms with E-state index in [1.807, 2.05) is 17.8 Å². The highest BCUT2D eigenvalue weighted by Gasteiger charge is 2.00. The quantitative estimate of drug-likeness (QED) is 0.591. The van der Waals surface area contributed by atoms with Crippen LogP contribution in [0.1, 0.15) is 38.5 Å². The zero-order valence-electron chi connectivity index (χ0n) is 7.72. The molecule has 0 radical (unpaired) electrons. The minimum Gasteiger partial charge on any atom is -0.127 e. The van der Waals surface area contributed by atoms with Gasteiger partial charge in [0.1, 0.15) is 0 Å². The van der Waals surface area contributed by atoms with Gasteiger partial charge in [0, 0.05) is 5.75 Å². The van der Waals surface area contributed by atoms with Crippen molar-refractivity contribution in [1.29, 1.82) is 0 Å². The third kappa shape index (κ3) is 4.01. The van der Waals surface area contributed by atoms with Crippen LogP contribution in [0, 0.1) is 0 Å². The van der Waals surface area contributed by atoms with Gasteiger partial charge in [0.2, 0.25) is 0 Å². The molecule has 0 aromatic carbocycles. The fourth-order valence-corrected chi connectivity index (χ4v) is 2.32. The van der Waals surface area contributed by atoms with E-state index in [-0.39, 0.29) is 0 Å². The van der Waals surface area contributed by atoms with Gasteiger partial charge in [0.15, 0.2) is 0 Å². The van der Waals surface area contributed by atoms with Gasteiger partial charge < -0.3 is 0 Å². The topological polar surface area (TPSA) is 0 Å². The summed E-state index contributed by atoms with van der Waals surface area (Å²) in [5, 5.41) is 0. The lowest BCUT2D eigenvalue weighted by Crippen LogP contribution is -1.87. The van der Waals surface area contributed by atoms with Crippen LogP contribution in [0.3, 0.4) is 0 Å². The van der Waals surface area contributed by atoms with Crippen LogP contribution < -0.4 is 0 Å². The second kappa shape index (κ2) is 6.36. The average molecular weight is 182 g/mol. The number of hydrogen-bond acceptors (Lipinski definition) is 1. The van der Waals surface area contributed by atoms with Crippen LogP contribution in [0.15, 0.2) is 23.6 Å². The molecule has 0 aromatic rings. The molecule has 0 aromatic heterocycles. The maximum Gasteiger partial charge on any atom is 0.0154 e. The highest BCUT2D eigenvalue weighted by molar-refractivity contribution is 8.03. The zero-order valence-corrected chi connectivity index (χ0v) is 8.54. The van der Waals surface area contributed by atoms with Crippen LogP contribution >= 0.6 is 11.8 Å². The summed E-state index contributed by atoms with van der Waals surface area (Å²) in [6.07, 6.45) is 12.6. The smallest absolute Gasteiger partial charge is 0.0154 e. The molecule has 0 atom stereocenters. The normalized spacial score (nSPS) is 23.5. The Bertz CT molecular complexity index is 158. The molecule has 68 valence electrons. The molecular weight excluding hydrogens is 164 g/mol. The minimum absolute atomic E-state index is 1.08. The first kappa shape index (κ1) is 9.91. The number of allylic oxidation sites excluding steroid dienone is 2. The Balaban J connectivity index is 2.31. The summed E-state index contributed by atoms with van der Waals surface area (Å²) < 4.78 is 0. The Hall–Kier alpha value is -0.170. The molecular formula is C11H18S. The van der Waals surface area contributed by atoms with Gasteiger partial charge in [-0.25, -0.2) is 0 Å². The molecule has 0 amide bonds. The molecule has 0 nitrogen and oxygen atoms in total. The van der Waals surface area contributed by atoms with Crippen LogP contribution in [-0.2, 0) is 0 Å². The van der Waals surface area contributed by atoms with Gasteiger partial charge >= 0.3 is 0 Å². The predicted molar refractivity (Wildman–Crippen MR) is 58.4 cm³/mol. The van der Waals surface area contributed by atoms with Crippen molar-refractivity contribution in [3.8, 4) is 0 Å². The van der Waals surface area contributed by atoms with E-state index < -0.39 is 0 Å². The fourth-order valence-electron chi connectivity index (χ4n) is 1.46. The predicted octanol–water partition coefficient (Wildman–Crippen LogP) is 4.14. The second-order valence-corrected chi connectivity index (χ2v) is 4.37. The van der Waals surface area contributed by atoms with E-state index in [1.54, 1.807) is 4.91 Å². The lowest BCUT2D eigenvalue weighted by atomic mass is 10.1. The summed E-state index contributed by atoms with van der Waals surface area (Å²) in [6.45, 7) is 3.74. The lowest BCUT2D eigenvalue weighted by molar-refractivity contribution is 0.635. The molecule has 1 heteroatoms. The molecule has 0 saturated heterocycles. The summed E-state index contributed by atoms with van der Waals surface area (Å²) in [7, 11) is 0. The van der Waals surface area contributed by atoms with Crippen LogP contribution in [-0.4, -0.2) is 5.75 Å². The molecule has 1 rings (SSSR count). The molecule has 0 fully saturated rings. The maximum absolute atomic E-state index is 3.74. The van der Waals surface area contributed by atoms with E-state index in [0.29, 0.717) is 0 Å². The monoisotopic (exact) mass is 182 g/mol. The van der Waals surface area contributed by atoms with E-state index >= 15 is 0 Å². The van der Waals surface area contributed by atoms with Crippen molar-refractivity contribution in [3.63, 3.8) is 0 Å². The van der Waals surface area contributed by atoms with Gasteiger partial charge in [-0.15, -0.1) is 18.3 Å². The van der Waals surface area contributed by atoms with Crippen molar-refractivity contribution in [2.75, 3.05) is 5.75 Å². The Kier molecular flexibility index (Phi) is 5.25. The van der Waals surface area contributed by atoms with Crippen molar-refractivity contribution in [3.05, 3.63) is 23.6 Å². The van der Waals surface area contributed by atoms with Crippen molar-refractivity contribution < 1.29 is 0 Å². The fraction of sp³-hybridized carbons (Fsp3) is 0.636. The van der Waals surface area contributed by atoms with E-state index in [1.165, 1.54) is 38.5 Å². The van der Waals surface area contributed by atoms with Gasteiger partial charge in [0.05, 0.1) is 0 Å². The summed E-state index contributed by atoms with van der Waals surface area (Å²) in [4.78, 5) is 1.59. The second-order valence-electron chi connectivity index (χ2n) is 3.22. The molecule has 12 heavy (non-hydrogen) atoms. The van der Waals surface area contributed by atoms with Crippen molar-refractivity contribution in [2.24, 2.45) is 0 Å². The first-order chi connectivity index (χ1) is 5.93. The van der Waals surface area contributed by atoms with Gasteiger partial charge in [-0.05, 0) is 30.6 Å². The Morgan fingerprint density at radius 1 is 1.33 bits per heavy atom. The Morgan fingerprint density at radius 2 is 2.17 bits per heavy atom. The van der Waals surface area contributed by atoms with Crippen LogP contribution in [0.4, 0.5) is 0 Å². The molecule has 1 aliphatic carbocycles. The Labute approximate surface area is 80.1 Å². The van der Waals surface area contributed by atoms with E-state index in [4.69, 9.17) is 0 Å². The van der Waals surface area contributed by atoms with Crippen LogP contribution in [0.5, 0.6) is 0 Å². The summed E-state index contributed by atoms with van der Waals surface area (Å²) >= 11 is 1.96. The summed E-state index contributed by atoms with van der Waals surface area (Å²) in [6, 6.07) is 0. The molecule has 0 unspecified atom stereocenters. The molecule has 1 aliphatic rings. The SMILES string of the molecule is C=CCS/C1=C/CCCCCC1. The van der Waals surface area contributed by atoms with Crippen LogP contribution in [0.25, 0.3) is 0 Å². The van der Waals surface area contributed by atoms with Gasteiger partial charge in [-0.3, -0.25) is 0 Å². The average Bonchev–Trinajstić information content (AvgIpc) is 2.02. The van der Waals surface area contributed by atoms with Gasteiger partial charge in [-0.1, -0.05) is 25.0 Å². The van der Waals surface area contributed by atoms with Crippen molar-refractivity contribution >= 4 is 11.8 Å². The molecule has 0 N–H and O–H groups in total. The first-order valence-electron chi connectivity index (χ1n) is 4.86. The molecule has 0 heterocycles. The highest BCUT2D eigenvalue weighted by Crippen LogP contribution is 2.25. The number of thioether (sulfide) groups is 1. The third-order valence-electron chi connectivity index (χ3n) is 2.14. The standard InChI is InChI=1S/C11H18S/c1-2-10-12-11-8-6-4-3-5-7-9-11/h2,8H,1,3-7,9-10H2/b11-8+. The Morgan fingerprint density at radius 3 is 3.00 bits per heavy atom. The van der Waals surface area contributed by atoms with E-state index in [0.717, 1.165) is 5.75 Å². The first-order valence-corrected chi connectivity index (χ1v) is 5.85. The largest absolute Gasteiger partial charge is 0.127 e. The number of hydrogen-bond donors (Lipinski definition) is 0. The van der Waals surface area contributed by atoms with E-state index in [9.17, 15) is 0 Å². The highest BCUT2D eigenvalue weighted by atomic mass is 32.2. The molecule has 0 bridgehead atoms. The van der Waals surface area contributed by atoms with Gasteiger partial charge in [-0.2, -0.15) is 0 Å². The molecule has 0 spiro atoms. The zero-order chi connectivity index (χ0) is 8.65.